The molecule has 1 aliphatic rings. The number of rotatable bonds is 0. The zero-order chi connectivity index (χ0) is 9.26. The number of hydrogen-bond acceptors (Lipinski definition) is 2. The van der Waals surface area contributed by atoms with Crippen LogP contribution in [0.4, 0.5) is 10.2 Å². The Balaban J connectivity index is 2.46. The molecule has 1 heterocycles. The average Bonchev–Trinajstić information content (AvgIpc) is 2.29. The highest BCUT2D eigenvalue weighted by Gasteiger charge is 2.21. The number of benzene rings is 1. The highest BCUT2D eigenvalue weighted by Crippen LogP contribution is 2.24. The average molecular weight is 181 g/mol. The number of amides is 1. The van der Waals surface area contributed by atoms with Gasteiger partial charge < -0.3 is 4.74 Å². The molecule has 0 radical (unpaired) electrons. The predicted octanol–water partition coefficient (Wildman–Crippen LogP) is 1.43. The van der Waals surface area contributed by atoms with Crippen LogP contribution in [0.25, 0.3) is 0 Å². The van der Waals surface area contributed by atoms with Gasteiger partial charge in [0.15, 0.2) is 0 Å². The number of hydrogen-bond donors (Lipinski definition) is 0. The van der Waals surface area contributed by atoms with Gasteiger partial charge in [0, 0.05) is 5.56 Å². The van der Waals surface area contributed by atoms with E-state index in [0.29, 0.717) is 5.56 Å². The minimum absolute atomic E-state index is 0.141. The van der Waals surface area contributed by atoms with Gasteiger partial charge in [-0.15, -0.1) is 5.12 Å². The van der Waals surface area contributed by atoms with Crippen LogP contribution < -0.4 is 5.12 Å². The zero-order valence-corrected chi connectivity index (χ0v) is 6.87. The van der Waals surface area contributed by atoms with Crippen LogP contribution in [0.5, 0.6) is 0 Å². The lowest BCUT2D eigenvalue weighted by Gasteiger charge is -2.09. The molecule has 0 bridgehead atoms. The Morgan fingerprint density at radius 1 is 1.31 bits per heavy atom. The second-order valence-corrected chi connectivity index (χ2v) is 2.80. The van der Waals surface area contributed by atoms with Crippen molar-refractivity contribution in [2.75, 3.05) is 11.7 Å². The Bertz CT molecular complexity index is 340. The first-order valence-electron chi connectivity index (χ1n) is 3.93. The first-order chi connectivity index (χ1) is 6.29. The maximum atomic E-state index is 13.2. The lowest BCUT2D eigenvalue weighted by Crippen LogP contribution is -2.24. The van der Waals surface area contributed by atoms with Crippen molar-refractivity contribution in [1.82, 2.24) is 0 Å². The van der Waals surface area contributed by atoms with Crippen LogP contribution >= 0.6 is 0 Å². The zero-order valence-electron chi connectivity index (χ0n) is 6.87. The van der Waals surface area contributed by atoms with E-state index >= 15 is 0 Å². The highest BCUT2D eigenvalue weighted by molar-refractivity contribution is 5.93. The van der Waals surface area contributed by atoms with Crippen molar-refractivity contribution in [2.45, 2.75) is 6.61 Å². The molecule has 1 aromatic carbocycles. The Labute approximate surface area is 74.7 Å². The fourth-order valence-electron chi connectivity index (χ4n) is 1.26. The molecule has 1 aliphatic heterocycles. The molecule has 0 N–H and O–H groups in total. The molecular weight excluding hydrogens is 173 g/mol. The largest absolute Gasteiger partial charge is 0.367 e. The number of carbonyl (C=O) groups excluding carboxylic acids is 1. The second-order valence-electron chi connectivity index (χ2n) is 2.80. The van der Waals surface area contributed by atoms with E-state index in [1.165, 1.54) is 0 Å². The van der Waals surface area contributed by atoms with Crippen LogP contribution in [0.1, 0.15) is 5.56 Å². The number of fused-ring (bicyclic) bond motifs is 1. The molecule has 4 heteroatoms. The summed E-state index contributed by atoms with van der Waals surface area (Å²) in [5, 5.41) is 0.141. The Kier molecular flexibility index (Phi) is 1.98. The van der Waals surface area contributed by atoms with Gasteiger partial charge in [-0.2, -0.15) is 0 Å². The molecule has 0 aliphatic carbocycles. The molecule has 0 fully saturated rings. The lowest BCUT2D eigenvalue weighted by molar-refractivity contribution is -0.125. The summed E-state index contributed by atoms with van der Waals surface area (Å²) >= 11 is 0. The first-order valence-corrected chi connectivity index (χ1v) is 3.93. The lowest BCUT2D eigenvalue weighted by atomic mass is 10.2. The summed E-state index contributed by atoms with van der Waals surface area (Å²) in [6, 6.07) is 6.76. The molecule has 0 spiro atoms. The molecule has 0 atom stereocenters. The standard InChI is InChI=1S/C9H8FNO2/c10-11-8-4-2-1-3-7(8)5-13-6-9(11)12/h1-4H,5-6H2. The number of para-hydroxylation sites is 1. The highest BCUT2D eigenvalue weighted by atomic mass is 19.2. The quantitative estimate of drug-likeness (QED) is 0.567. The topological polar surface area (TPSA) is 29.5 Å². The third kappa shape index (κ3) is 1.40. The summed E-state index contributed by atoms with van der Waals surface area (Å²) in [5.74, 6) is -0.662. The SMILES string of the molecule is O=C1COCc2ccccc2N1F. The van der Waals surface area contributed by atoms with Gasteiger partial charge in [-0.3, -0.25) is 4.79 Å². The van der Waals surface area contributed by atoms with E-state index in [4.69, 9.17) is 4.74 Å². The van der Waals surface area contributed by atoms with E-state index in [9.17, 15) is 9.28 Å². The second kappa shape index (κ2) is 3.14. The molecule has 0 saturated carbocycles. The van der Waals surface area contributed by atoms with Gasteiger partial charge in [0.05, 0.1) is 12.3 Å². The number of halogens is 1. The maximum Gasteiger partial charge on any atom is 0.280 e. The Hall–Kier alpha value is -1.42. The normalized spacial score (nSPS) is 16.7. The fourth-order valence-corrected chi connectivity index (χ4v) is 1.26. The van der Waals surface area contributed by atoms with Crippen LogP contribution in [0, 0.1) is 0 Å². The summed E-state index contributed by atoms with van der Waals surface area (Å²) in [6.45, 7) is 0.0769. The van der Waals surface area contributed by atoms with Gasteiger partial charge in [-0.25, -0.2) is 0 Å². The summed E-state index contributed by atoms with van der Waals surface area (Å²) in [7, 11) is 0. The van der Waals surface area contributed by atoms with E-state index in [1.807, 2.05) is 0 Å². The minimum atomic E-state index is -0.662. The number of ether oxygens (including phenoxy) is 1. The van der Waals surface area contributed by atoms with Gasteiger partial charge in [0.2, 0.25) is 0 Å². The van der Waals surface area contributed by atoms with Gasteiger partial charge >= 0.3 is 0 Å². The number of anilines is 1. The van der Waals surface area contributed by atoms with Crippen molar-refractivity contribution in [1.29, 1.82) is 0 Å². The van der Waals surface area contributed by atoms with E-state index in [1.54, 1.807) is 24.3 Å². The summed E-state index contributed by atoms with van der Waals surface area (Å²) in [6.07, 6.45) is 0. The Morgan fingerprint density at radius 3 is 2.92 bits per heavy atom. The molecule has 0 unspecified atom stereocenters. The van der Waals surface area contributed by atoms with Crippen LogP contribution in [-0.2, 0) is 16.1 Å². The molecule has 13 heavy (non-hydrogen) atoms. The first kappa shape index (κ1) is 8.19. The van der Waals surface area contributed by atoms with E-state index < -0.39 is 5.91 Å². The van der Waals surface area contributed by atoms with Crippen molar-refractivity contribution in [3.8, 4) is 0 Å². The third-order valence-electron chi connectivity index (χ3n) is 1.91. The molecule has 1 amide bonds. The summed E-state index contributed by atoms with van der Waals surface area (Å²) < 4.78 is 18.2. The van der Waals surface area contributed by atoms with Crippen LogP contribution in [-0.4, -0.2) is 12.5 Å². The van der Waals surface area contributed by atoms with Gasteiger partial charge in [0.25, 0.3) is 5.91 Å². The molecule has 3 nitrogen and oxygen atoms in total. The van der Waals surface area contributed by atoms with Crippen molar-refractivity contribution in [3.63, 3.8) is 0 Å². The van der Waals surface area contributed by atoms with Gasteiger partial charge in [-0.05, 0) is 6.07 Å². The van der Waals surface area contributed by atoms with Gasteiger partial charge in [-0.1, -0.05) is 22.7 Å². The molecule has 68 valence electrons. The molecule has 2 rings (SSSR count). The number of carbonyl (C=O) groups is 1. The maximum absolute atomic E-state index is 13.2. The van der Waals surface area contributed by atoms with Crippen LogP contribution in [0.2, 0.25) is 0 Å². The Morgan fingerprint density at radius 2 is 2.08 bits per heavy atom. The smallest absolute Gasteiger partial charge is 0.280 e. The monoisotopic (exact) mass is 181 g/mol. The van der Waals surface area contributed by atoms with E-state index in [-0.39, 0.29) is 24.0 Å². The summed E-state index contributed by atoms with van der Waals surface area (Å²) in [4.78, 5) is 11.0. The van der Waals surface area contributed by atoms with Crippen LogP contribution in [0.3, 0.4) is 0 Å². The molecule has 0 aromatic heterocycles. The molecule has 0 saturated heterocycles. The van der Waals surface area contributed by atoms with Crippen molar-refractivity contribution in [2.24, 2.45) is 0 Å². The van der Waals surface area contributed by atoms with E-state index in [2.05, 4.69) is 0 Å². The van der Waals surface area contributed by atoms with Crippen LogP contribution in [0.15, 0.2) is 24.3 Å². The van der Waals surface area contributed by atoms with E-state index in [0.717, 1.165) is 0 Å². The molecule has 1 aromatic rings. The van der Waals surface area contributed by atoms with Crippen molar-refractivity contribution >= 4 is 11.6 Å². The molecular formula is C9H8FNO2. The number of nitrogens with zero attached hydrogens (tertiary/aromatic N) is 1. The predicted molar refractivity (Wildman–Crippen MR) is 44.7 cm³/mol. The fraction of sp³-hybridized carbons (Fsp3) is 0.222. The third-order valence-corrected chi connectivity index (χ3v) is 1.91. The van der Waals surface area contributed by atoms with Crippen molar-refractivity contribution in [3.05, 3.63) is 29.8 Å². The summed E-state index contributed by atoms with van der Waals surface area (Å²) in [5.41, 5.74) is 0.973. The van der Waals surface area contributed by atoms with Crippen molar-refractivity contribution < 1.29 is 14.0 Å². The van der Waals surface area contributed by atoms with Gasteiger partial charge in [0.1, 0.15) is 6.61 Å². The minimum Gasteiger partial charge on any atom is -0.367 e.